The molecule has 0 bridgehead atoms. The molecule has 0 aromatic heterocycles. The van der Waals surface area contributed by atoms with Crippen LogP contribution in [0.25, 0.3) is 0 Å². The van der Waals surface area contributed by atoms with Gasteiger partial charge in [-0.1, -0.05) is 0 Å². The first kappa shape index (κ1) is 8.71. The van der Waals surface area contributed by atoms with E-state index >= 15 is 0 Å². The van der Waals surface area contributed by atoms with Gasteiger partial charge in [0.25, 0.3) is 0 Å². The molecule has 0 radical (unpaired) electrons. The van der Waals surface area contributed by atoms with E-state index in [9.17, 15) is 0 Å². The maximum atomic E-state index is 3.11. The molecule has 0 N–H and O–H groups in total. The molecule has 2 heterocycles. The van der Waals surface area contributed by atoms with Crippen LogP contribution in [0, 0.1) is 12.4 Å². The quantitative estimate of drug-likeness (QED) is 0.530. The third kappa shape index (κ3) is 1.72. The van der Waals surface area contributed by atoms with Crippen molar-refractivity contribution in [1.29, 1.82) is 0 Å². The molecule has 0 atom stereocenters. The van der Waals surface area contributed by atoms with Crippen LogP contribution < -0.4 is 0 Å². The zero-order chi connectivity index (χ0) is 9.97. The Morgan fingerprint density at radius 1 is 0.857 bits per heavy atom. The summed E-state index contributed by atoms with van der Waals surface area (Å²) in [4.78, 5) is 3.80. The molecule has 2 aliphatic heterocycles. The SMILES string of the molecule is CN1[C+]=CC(=C2C=[C+]N(C)C=C2)C=C1. The van der Waals surface area contributed by atoms with Crippen molar-refractivity contribution in [3.8, 4) is 0 Å². The fourth-order valence-corrected chi connectivity index (χ4v) is 1.27. The van der Waals surface area contributed by atoms with Crippen LogP contribution in [0.5, 0.6) is 0 Å². The van der Waals surface area contributed by atoms with Crippen LogP contribution in [0.2, 0.25) is 0 Å². The highest BCUT2D eigenvalue weighted by Crippen LogP contribution is 2.17. The van der Waals surface area contributed by atoms with Gasteiger partial charge in [-0.25, -0.2) is 9.80 Å². The molecule has 0 spiro atoms. The minimum absolute atomic E-state index is 1.17. The van der Waals surface area contributed by atoms with Gasteiger partial charge in [0.15, 0.2) is 11.1 Å². The molecule has 0 aliphatic carbocycles. The lowest BCUT2D eigenvalue weighted by atomic mass is 10.1. The van der Waals surface area contributed by atoms with Crippen molar-refractivity contribution in [2.75, 3.05) is 14.1 Å². The molecule has 2 nitrogen and oxygen atoms in total. The summed E-state index contributed by atoms with van der Waals surface area (Å²) < 4.78 is 0. The molecule has 2 aliphatic rings. The zero-order valence-electron chi connectivity index (χ0n) is 8.36. The molecule has 2 rings (SSSR count). The lowest BCUT2D eigenvalue weighted by Gasteiger charge is -2.02. The molecule has 0 unspecified atom stereocenters. The monoisotopic (exact) mass is 184 g/mol. The highest BCUT2D eigenvalue weighted by molar-refractivity contribution is 5.47. The fraction of sp³-hybridized carbons (Fsp3) is 0.167. The molecule has 0 aromatic carbocycles. The van der Waals surface area contributed by atoms with Crippen molar-refractivity contribution in [3.05, 3.63) is 60.3 Å². The third-order valence-corrected chi connectivity index (χ3v) is 2.14. The lowest BCUT2D eigenvalue weighted by Crippen LogP contribution is -2.07. The minimum Gasteiger partial charge on any atom is -0.208 e. The van der Waals surface area contributed by atoms with Crippen molar-refractivity contribution < 1.29 is 0 Å². The number of nitrogens with zero attached hydrogens (tertiary/aromatic N) is 2. The molecule has 14 heavy (non-hydrogen) atoms. The van der Waals surface area contributed by atoms with Gasteiger partial charge in [-0.3, -0.25) is 0 Å². The van der Waals surface area contributed by atoms with Crippen molar-refractivity contribution in [1.82, 2.24) is 9.80 Å². The van der Waals surface area contributed by atoms with Gasteiger partial charge in [0.1, 0.15) is 37.0 Å². The summed E-state index contributed by atoms with van der Waals surface area (Å²) in [6.07, 6.45) is 18.3. The Kier molecular flexibility index (Phi) is 2.16. The van der Waals surface area contributed by atoms with E-state index in [4.69, 9.17) is 0 Å². The smallest absolute Gasteiger partial charge is 0.153 e. The van der Waals surface area contributed by atoms with Gasteiger partial charge in [0, 0.05) is 14.1 Å². The van der Waals surface area contributed by atoms with Crippen LogP contribution in [0.4, 0.5) is 0 Å². The summed E-state index contributed by atoms with van der Waals surface area (Å²) in [6, 6.07) is 0. The van der Waals surface area contributed by atoms with Gasteiger partial charge in [0.05, 0.1) is 12.2 Å². The third-order valence-electron chi connectivity index (χ3n) is 2.14. The van der Waals surface area contributed by atoms with Gasteiger partial charge < -0.3 is 0 Å². The van der Waals surface area contributed by atoms with E-state index in [1.807, 2.05) is 48.4 Å². The summed E-state index contributed by atoms with van der Waals surface area (Å²) in [7, 11) is 3.92. The van der Waals surface area contributed by atoms with E-state index in [1.165, 1.54) is 11.1 Å². The molecule has 0 amide bonds. The van der Waals surface area contributed by atoms with Crippen LogP contribution in [0.15, 0.2) is 47.9 Å². The second kappa shape index (κ2) is 3.47. The average Bonchev–Trinajstić information content (AvgIpc) is 2.21. The number of allylic oxidation sites excluding steroid dienone is 6. The predicted molar refractivity (Wildman–Crippen MR) is 56.5 cm³/mol. The second-order valence-corrected chi connectivity index (χ2v) is 3.31. The molecule has 0 saturated heterocycles. The molecular formula is C12H12N2+2. The topological polar surface area (TPSA) is 6.48 Å². The van der Waals surface area contributed by atoms with Gasteiger partial charge in [-0.05, 0) is 0 Å². The largest absolute Gasteiger partial charge is 0.208 e. The normalized spacial score (nSPS) is 23.9. The summed E-state index contributed by atoms with van der Waals surface area (Å²) in [5.74, 6) is 0. The highest BCUT2D eigenvalue weighted by Gasteiger charge is 2.17. The Morgan fingerprint density at radius 3 is 1.57 bits per heavy atom. The van der Waals surface area contributed by atoms with Crippen molar-refractivity contribution in [2.24, 2.45) is 0 Å². The Balaban J connectivity index is 2.26. The molecule has 2 heteroatoms. The Bertz CT molecular complexity index is 302. The van der Waals surface area contributed by atoms with Crippen LogP contribution in [-0.4, -0.2) is 23.9 Å². The standard InChI is InChI=1S/C12H12N2/c1-13-7-3-11(4-8-13)12-5-9-14(2)10-6-12/h3-7,9H,1-2H3/q+2. The molecule has 0 aromatic rings. The number of hydrogen-bond donors (Lipinski definition) is 0. The maximum absolute atomic E-state index is 3.11. The Labute approximate surface area is 84.8 Å². The van der Waals surface area contributed by atoms with Crippen LogP contribution in [0.1, 0.15) is 0 Å². The van der Waals surface area contributed by atoms with Gasteiger partial charge in [0.2, 0.25) is 0 Å². The van der Waals surface area contributed by atoms with E-state index in [-0.39, 0.29) is 0 Å². The highest BCUT2D eigenvalue weighted by atomic mass is 15.1. The van der Waals surface area contributed by atoms with E-state index in [2.05, 4.69) is 24.6 Å². The van der Waals surface area contributed by atoms with Crippen LogP contribution in [0.3, 0.4) is 0 Å². The average molecular weight is 184 g/mol. The first-order valence-electron chi connectivity index (χ1n) is 4.51. The fourth-order valence-electron chi connectivity index (χ4n) is 1.27. The number of hydrogen-bond acceptors (Lipinski definition) is 2. The number of rotatable bonds is 0. The summed E-state index contributed by atoms with van der Waals surface area (Å²) in [5.41, 5.74) is 2.33. The Morgan fingerprint density at radius 2 is 1.29 bits per heavy atom. The van der Waals surface area contributed by atoms with E-state index < -0.39 is 0 Å². The second-order valence-electron chi connectivity index (χ2n) is 3.31. The van der Waals surface area contributed by atoms with E-state index in [1.54, 1.807) is 0 Å². The zero-order valence-corrected chi connectivity index (χ0v) is 8.36. The maximum Gasteiger partial charge on any atom is 0.153 e. The molecule has 68 valence electrons. The lowest BCUT2D eigenvalue weighted by molar-refractivity contribution is 0.589. The molecule has 0 saturated carbocycles. The minimum atomic E-state index is 1.17. The van der Waals surface area contributed by atoms with Gasteiger partial charge >= 0.3 is 0 Å². The summed E-state index contributed by atoms with van der Waals surface area (Å²) in [5, 5.41) is 0. The molecule has 0 fully saturated rings. The summed E-state index contributed by atoms with van der Waals surface area (Å²) in [6.45, 7) is 0. The molecular weight excluding hydrogens is 172 g/mol. The predicted octanol–water partition coefficient (Wildman–Crippen LogP) is 1.83. The van der Waals surface area contributed by atoms with Crippen molar-refractivity contribution in [3.63, 3.8) is 0 Å². The van der Waals surface area contributed by atoms with Crippen LogP contribution >= 0.6 is 0 Å². The first-order chi connectivity index (χ1) is 6.75. The Hall–Kier alpha value is -1.88. The van der Waals surface area contributed by atoms with Gasteiger partial charge in [-0.15, -0.1) is 0 Å². The van der Waals surface area contributed by atoms with Crippen molar-refractivity contribution in [2.45, 2.75) is 0 Å². The van der Waals surface area contributed by atoms with Crippen LogP contribution in [-0.2, 0) is 0 Å². The van der Waals surface area contributed by atoms with E-state index in [0.717, 1.165) is 0 Å². The van der Waals surface area contributed by atoms with E-state index in [0.29, 0.717) is 0 Å². The summed E-state index contributed by atoms with van der Waals surface area (Å²) >= 11 is 0. The first-order valence-corrected chi connectivity index (χ1v) is 4.51. The van der Waals surface area contributed by atoms with Crippen molar-refractivity contribution >= 4 is 0 Å². The van der Waals surface area contributed by atoms with Gasteiger partial charge in [-0.2, -0.15) is 0 Å².